The third-order valence-corrected chi connectivity index (χ3v) is 6.59. The Morgan fingerprint density at radius 2 is 1.96 bits per heavy atom. The molecule has 0 bridgehead atoms. The van der Waals surface area contributed by atoms with Crippen LogP contribution in [0.4, 0.5) is 4.39 Å². The van der Waals surface area contributed by atoms with Crippen molar-refractivity contribution >= 4 is 27.7 Å². The summed E-state index contributed by atoms with van der Waals surface area (Å²) >= 11 is 1.82. The van der Waals surface area contributed by atoms with E-state index in [4.69, 9.17) is 4.74 Å². The average molecular weight is 391 g/mol. The summed E-state index contributed by atoms with van der Waals surface area (Å²) in [5.41, 5.74) is 0. The molecule has 1 aromatic rings. The molecule has 0 atom stereocenters. The van der Waals surface area contributed by atoms with Crippen LogP contribution in [0.5, 0.6) is 0 Å². The van der Waals surface area contributed by atoms with Crippen LogP contribution in [0, 0.1) is 5.82 Å². The Hall–Kier alpha value is -1.16. The Bertz CT molecular complexity index is 664. The van der Waals surface area contributed by atoms with Crippen LogP contribution in [-0.2, 0) is 19.6 Å². The number of carbonyl (C=O) groups excluding carboxylic acids is 1. The van der Waals surface area contributed by atoms with Crippen molar-refractivity contribution in [3.8, 4) is 0 Å². The lowest BCUT2D eigenvalue weighted by Crippen LogP contribution is -2.32. The fourth-order valence-electron chi connectivity index (χ4n) is 2.39. The Balaban J connectivity index is 1.62. The molecule has 0 saturated carbocycles. The van der Waals surface area contributed by atoms with Gasteiger partial charge in [0.25, 0.3) is 0 Å². The molecular formula is C16H23FN2O4S2. The van der Waals surface area contributed by atoms with E-state index in [0.29, 0.717) is 11.8 Å². The second-order valence-electron chi connectivity index (χ2n) is 5.61. The van der Waals surface area contributed by atoms with E-state index in [1.807, 2.05) is 11.8 Å². The fourth-order valence-corrected chi connectivity index (χ4v) is 4.57. The van der Waals surface area contributed by atoms with Crippen molar-refractivity contribution < 1.29 is 22.3 Å². The Kier molecular flexibility index (Phi) is 8.14. The minimum atomic E-state index is -3.95. The molecule has 6 nitrogen and oxygen atoms in total. The van der Waals surface area contributed by atoms with Crippen molar-refractivity contribution in [2.45, 2.75) is 29.4 Å². The number of hydrogen-bond acceptors (Lipinski definition) is 5. The third-order valence-electron chi connectivity index (χ3n) is 3.72. The second kappa shape index (κ2) is 10.1. The lowest BCUT2D eigenvalue weighted by molar-refractivity contribution is -0.120. The summed E-state index contributed by atoms with van der Waals surface area (Å²) in [5.74, 6) is -0.231. The van der Waals surface area contributed by atoms with Crippen LogP contribution in [0.15, 0.2) is 29.2 Å². The zero-order chi connectivity index (χ0) is 18.1. The van der Waals surface area contributed by atoms with Gasteiger partial charge in [-0.05, 0) is 25.0 Å². The molecule has 0 aromatic heterocycles. The van der Waals surface area contributed by atoms with E-state index in [0.717, 1.165) is 37.9 Å². The van der Waals surface area contributed by atoms with Gasteiger partial charge in [0.15, 0.2) is 0 Å². The molecule has 140 valence electrons. The van der Waals surface area contributed by atoms with Crippen molar-refractivity contribution in [2.24, 2.45) is 0 Å². The fraction of sp³-hybridized carbons (Fsp3) is 0.562. The standard InChI is InChI=1S/C16H23FN2O4S2/c17-14-3-1-2-4-15(14)25(21,22)19-8-5-16(20)18-9-12-24-13-6-10-23-11-7-13/h1-4,13,19H,5-12H2,(H,18,20). The first-order valence-electron chi connectivity index (χ1n) is 8.19. The zero-order valence-corrected chi connectivity index (χ0v) is 15.5. The molecule has 1 amide bonds. The number of ether oxygens (including phenoxy) is 1. The van der Waals surface area contributed by atoms with Gasteiger partial charge in [-0.2, -0.15) is 11.8 Å². The lowest BCUT2D eigenvalue weighted by atomic mass is 10.2. The van der Waals surface area contributed by atoms with Crippen molar-refractivity contribution in [3.05, 3.63) is 30.1 Å². The quantitative estimate of drug-likeness (QED) is 0.625. The normalized spacial score (nSPS) is 15.9. The van der Waals surface area contributed by atoms with Crippen LogP contribution in [-0.4, -0.2) is 51.6 Å². The van der Waals surface area contributed by atoms with Crippen LogP contribution < -0.4 is 10.0 Å². The number of nitrogens with one attached hydrogen (secondary N) is 2. The van der Waals surface area contributed by atoms with E-state index < -0.39 is 20.7 Å². The molecule has 1 saturated heterocycles. The molecule has 1 aliphatic rings. The predicted octanol–water partition coefficient (Wildman–Crippen LogP) is 1.52. The number of sulfonamides is 1. The number of thioether (sulfide) groups is 1. The van der Waals surface area contributed by atoms with Crippen molar-refractivity contribution in [1.29, 1.82) is 0 Å². The highest BCUT2D eigenvalue weighted by atomic mass is 32.2. The number of rotatable bonds is 9. The van der Waals surface area contributed by atoms with Crippen LogP contribution >= 0.6 is 11.8 Å². The van der Waals surface area contributed by atoms with Gasteiger partial charge in [-0.1, -0.05) is 12.1 Å². The predicted molar refractivity (Wildman–Crippen MR) is 95.5 cm³/mol. The van der Waals surface area contributed by atoms with Crippen LogP contribution in [0.2, 0.25) is 0 Å². The molecule has 1 fully saturated rings. The van der Waals surface area contributed by atoms with E-state index in [-0.39, 0.29) is 18.9 Å². The maximum Gasteiger partial charge on any atom is 0.243 e. The first-order chi connectivity index (χ1) is 12.0. The summed E-state index contributed by atoms with van der Waals surface area (Å²) in [6, 6.07) is 5.13. The molecule has 2 rings (SSSR count). The van der Waals surface area contributed by atoms with Crippen LogP contribution in [0.1, 0.15) is 19.3 Å². The minimum absolute atomic E-state index is 0.00954. The van der Waals surface area contributed by atoms with E-state index in [9.17, 15) is 17.6 Å². The summed E-state index contributed by atoms with van der Waals surface area (Å²) in [5, 5.41) is 3.34. The number of carbonyl (C=O) groups is 1. The Morgan fingerprint density at radius 3 is 2.68 bits per heavy atom. The van der Waals surface area contributed by atoms with Crippen LogP contribution in [0.3, 0.4) is 0 Å². The topological polar surface area (TPSA) is 84.5 Å². The summed E-state index contributed by atoms with van der Waals surface area (Å²) in [6.45, 7) is 2.06. The SMILES string of the molecule is O=C(CCNS(=O)(=O)c1ccccc1F)NCCSC1CCOCC1. The van der Waals surface area contributed by atoms with Gasteiger partial charge in [-0.25, -0.2) is 17.5 Å². The second-order valence-corrected chi connectivity index (χ2v) is 8.75. The zero-order valence-electron chi connectivity index (χ0n) is 13.9. The minimum Gasteiger partial charge on any atom is -0.381 e. The molecule has 1 aromatic carbocycles. The van der Waals surface area contributed by atoms with Crippen molar-refractivity contribution in [3.63, 3.8) is 0 Å². The molecule has 2 N–H and O–H groups in total. The van der Waals surface area contributed by atoms with Gasteiger partial charge in [0.05, 0.1) is 0 Å². The molecule has 25 heavy (non-hydrogen) atoms. The molecule has 1 heterocycles. The number of hydrogen-bond donors (Lipinski definition) is 2. The number of halogens is 1. The smallest absolute Gasteiger partial charge is 0.243 e. The van der Waals surface area contributed by atoms with E-state index in [2.05, 4.69) is 10.0 Å². The van der Waals surface area contributed by atoms with Crippen molar-refractivity contribution in [2.75, 3.05) is 32.1 Å². The van der Waals surface area contributed by atoms with Gasteiger partial charge in [0.1, 0.15) is 10.7 Å². The number of benzene rings is 1. The Morgan fingerprint density at radius 1 is 1.24 bits per heavy atom. The third kappa shape index (κ3) is 6.93. The largest absolute Gasteiger partial charge is 0.381 e. The highest BCUT2D eigenvalue weighted by Crippen LogP contribution is 2.21. The van der Waals surface area contributed by atoms with Gasteiger partial charge in [0, 0.05) is 43.7 Å². The van der Waals surface area contributed by atoms with E-state index in [1.165, 1.54) is 18.2 Å². The molecule has 0 unspecified atom stereocenters. The molecule has 0 aliphatic carbocycles. The summed E-state index contributed by atoms with van der Waals surface area (Å²) in [6.07, 6.45) is 2.09. The lowest BCUT2D eigenvalue weighted by Gasteiger charge is -2.21. The molecule has 1 aliphatic heterocycles. The monoisotopic (exact) mass is 390 g/mol. The van der Waals surface area contributed by atoms with Gasteiger partial charge >= 0.3 is 0 Å². The highest BCUT2D eigenvalue weighted by Gasteiger charge is 2.18. The van der Waals surface area contributed by atoms with Gasteiger partial charge in [-0.3, -0.25) is 4.79 Å². The Labute approximate surface area is 151 Å². The van der Waals surface area contributed by atoms with Gasteiger partial charge < -0.3 is 10.1 Å². The maximum absolute atomic E-state index is 13.5. The molecule has 9 heteroatoms. The van der Waals surface area contributed by atoms with Gasteiger partial charge in [-0.15, -0.1) is 0 Å². The van der Waals surface area contributed by atoms with Crippen molar-refractivity contribution in [1.82, 2.24) is 10.0 Å². The summed E-state index contributed by atoms with van der Waals surface area (Å²) < 4.78 is 45.0. The van der Waals surface area contributed by atoms with Gasteiger partial charge in [0.2, 0.25) is 15.9 Å². The first kappa shape index (κ1) is 20.2. The summed E-state index contributed by atoms with van der Waals surface area (Å²) in [7, 11) is -3.95. The maximum atomic E-state index is 13.5. The van der Waals surface area contributed by atoms with E-state index >= 15 is 0 Å². The molecule has 0 radical (unpaired) electrons. The molecule has 0 spiro atoms. The highest BCUT2D eigenvalue weighted by molar-refractivity contribution is 7.99. The number of amides is 1. The first-order valence-corrected chi connectivity index (χ1v) is 10.7. The summed E-state index contributed by atoms with van der Waals surface area (Å²) in [4.78, 5) is 11.3. The molecular weight excluding hydrogens is 367 g/mol. The van der Waals surface area contributed by atoms with Crippen LogP contribution in [0.25, 0.3) is 0 Å². The average Bonchev–Trinajstić information content (AvgIpc) is 2.60. The van der Waals surface area contributed by atoms with E-state index in [1.54, 1.807) is 0 Å².